The number of benzene rings is 1. The van der Waals surface area contributed by atoms with Crippen molar-refractivity contribution in [2.75, 3.05) is 0 Å². The largest absolute Gasteiger partial charge is 0.366 e. The van der Waals surface area contributed by atoms with E-state index in [-0.39, 0.29) is 23.2 Å². The molecule has 0 bridgehead atoms. The Morgan fingerprint density at radius 1 is 1.25 bits per heavy atom. The van der Waals surface area contributed by atoms with E-state index in [2.05, 4.69) is 17.2 Å². The highest BCUT2D eigenvalue weighted by atomic mass is 35.5. The number of primary amides is 1. The van der Waals surface area contributed by atoms with Crippen molar-refractivity contribution in [3.8, 4) is 0 Å². The summed E-state index contributed by atoms with van der Waals surface area (Å²) in [6.45, 7) is 2.17. The predicted octanol–water partition coefficient (Wildman–Crippen LogP) is 2.96. The molecular weight excluding hydrogens is 326 g/mol. The van der Waals surface area contributed by atoms with Gasteiger partial charge in [0.2, 0.25) is 5.91 Å². The van der Waals surface area contributed by atoms with E-state index in [0.29, 0.717) is 16.9 Å². The van der Waals surface area contributed by atoms with E-state index in [9.17, 15) is 9.59 Å². The molecule has 2 aromatic rings. The van der Waals surface area contributed by atoms with Crippen molar-refractivity contribution in [3.05, 3.63) is 64.4 Å². The van der Waals surface area contributed by atoms with Crippen LogP contribution in [0.1, 0.15) is 45.8 Å². The summed E-state index contributed by atoms with van der Waals surface area (Å²) in [7, 11) is 0. The molecule has 1 aromatic heterocycles. The molecule has 0 radical (unpaired) electrons. The fraction of sp³-hybridized carbons (Fsp3) is 0.278. The molecule has 124 valence electrons. The zero-order valence-electron chi connectivity index (χ0n) is 13.2. The number of hydrogen-bond donors (Lipinski definition) is 2. The summed E-state index contributed by atoms with van der Waals surface area (Å²) >= 11 is 5.95. The monoisotopic (exact) mass is 343 g/mol. The Labute approximate surface area is 145 Å². The first-order chi connectivity index (χ1) is 11.5. The van der Waals surface area contributed by atoms with E-state index >= 15 is 0 Å². The summed E-state index contributed by atoms with van der Waals surface area (Å²) in [4.78, 5) is 27.6. The first-order valence-corrected chi connectivity index (χ1v) is 8.15. The van der Waals surface area contributed by atoms with Gasteiger partial charge in [-0.15, -0.1) is 0 Å². The molecule has 1 fully saturated rings. The van der Waals surface area contributed by atoms with Crippen LogP contribution in [0.15, 0.2) is 42.6 Å². The quantitative estimate of drug-likeness (QED) is 0.875. The molecule has 0 saturated heterocycles. The Morgan fingerprint density at radius 3 is 2.42 bits per heavy atom. The summed E-state index contributed by atoms with van der Waals surface area (Å²) in [5.74, 6) is 0.126. The molecule has 3 unspecified atom stereocenters. The van der Waals surface area contributed by atoms with Crippen LogP contribution in [0, 0.1) is 11.8 Å². The molecule has 3 rings (SSSR count). The van der Waals surface area contributed by atoms with Gasteiger partial charge < -0.3 is 11.1 Å². The highest BCUT2D eigenvalue weighted by molar-refractivity contribution is 6.30. The molecule has 1 aromatic carbocycles. The summed E-state index contributed by atoms with van der Waals surface area (Å²) in [6.07, 6.45) is 2.38. The lowest BCUT2D eigenvalue weighted by atomic mass is 10.0. The van der Waals surface area contributed by atoms with Crippen LogP contribution < -0.4 is 11.1 Å². The zero-order chi connectivity index (χ0) is 17.3. The maximum Gasteiger partial charge on any atom is 0.270 e. The van der Waals surface area contributed by atoms with E-state index in [1.54, 1.807) is 0 Å². The highest BCUT2D eigenvalue weighted by Crippen LogP contribution is 2.47. The van der Waals surface area contributed by atoms with Crippen LogP contribution in [0.2, 0.25) is 5.02 Å². The number of hydrogen-bond acceptors (Lipinski definition) is 3. The van der Waals surface area contributed by atoms with Gasteiger partial charge in [0.1, 0.15) is 5.69 Å². The Bertz CT molecular complexity index is 759. The highest BCUT2D eigenvalue weighted by Gasteiger charge is 2.41. The maximum absolute atomic E-state index is 12.5. The van der Waals surface area contributed by atoms with Gasteiger partial charge >= 0.3 is 0 Å². The number of nitrogens with two attached hydrogens (primary N) is 1. The van der Waals surface area contributed by atoms with Crippen LogP contribution in [0.3, 0.4) is 0 Å². The number of rotatable bonds is 5. The number of aromatic nitrogens is 1. The van der Waals surface area contributed by atoms with Gasteiger partial charge in [0, 0.05) is 11.2 Å². The first kappa shape index (κ1) is 16.5. The van der Waals surface area contributed by atoms with Gasteiger partial charge in [-0.25, -0.2) is 0 Å². The maximum atomic E-state index is 12.5. The van der Waals surface area contributed by atoms with Crippen LogP contribution in [0.25, 0.3) is 0 Å². The van der Waals surface area contributed by atoms with Gasteiger partial charge in [0.05, 0.1) is 11.6 Å². The fourth-order valence-electron chi connectivity index (χ4n) is 2.81. The topological polar surface area (TPSA) is 85.1 Å². The van der Waals surface area contributed by atoms with Crippen molar-refractivity contribution in [1.82, 2.24) is 10.3 Å². The minimum Gasteiger partial charge on any atom is -0.366 e. The SMILES string of the molecule is CC1CC1C(NC(=O)c1ccc(C(N)=O)cn1)c1ccc(Cl)cc1. The molecule has 5 nitrogen and oxygen atoms in total. The normalized spacial score (nSPS) is 20.2. The van der Waals surface area contributed by atoms with Gasteiger partial charge in [0.15, 0.2) is 0 Å². The van der Waals surface area contributed by atoms with Crippen LogP contribution in [0.5, 0.6) is 0 Å². The van der Waals surface area contributed by atoms with Crippen molar-refractivity contribution < 1.29 is 9.59 Å². The van der Waals surface area contributed by atoms with Gasteiger partial charge in [-0.3, -0.25) is 14.6 Å². The minimum absolute atomic E-state index is 0.0811. The van der Waals surface area contributed by atoms with Crippen molar-refractivity contribution >= 4 is 23.4 Å². The number of nitrogens with one attached hydrogen (secondary N) is 1. The van der Waals surface area contributed by atoms with E-state index in [1.807, 2.05) is 24.3 Å². The number of pyridine rings is 1. The van der Waals surface area contributed by atoms with Crippen LogP contribution >= 0.6 is 11.6 Å². The number of carbonyl (C=O) groups excluding carboxylic acids is 2. The number of carbonyl (C=O) groups is 2. The molecule has 1 aliphatic rings. The second kappa shape index (κ2) is 6.61. The Kier molecular flexibility index (Phi) is 4.53. The molecule has 1 aliphatic carbocycles. The lowest BCUT2D eigenvalue weighted by molar-refractivity contribution is 0.0923. The predicted molar refractivity (Wildman–Crippen MR) is 91.7 cm³/mol. The molecule has 3 N–H and O–H groups in total. The molecule has 3 atom stereocenters. The van der Waals surface area contributed by atoms with Gasteiger partial charge in [-0.2, -0.15) is 0 Å². The molecular formula is C18H18ClN3O2. The van der Waals surface area contributed by atoms with Crippen LogP contribution in [-0.4, -0.2) is 16.8 Å². The van der Waals surface area contributed by atoms with Gasteiger partial charge in [-0.05, 0) is 48.1 Å². The third-order valence-electron chi connectivity index (χ3n) is 4.40. The number of nitrogens with zero attached hydrogens (tertiary/aromatic N) is 1. The number of halogens is 1. The third-order valence-corrected chi connectivity index (χ3v) is 4.65. The molecule has 24 heavy (non-hydrogen) atoms. The lowest BCUT2D eigenvalue weighted by Gasteiger charge is -2.19. The summed E-state index contributed by atoms with van der Waals surface area (Å²) in [5.41, 5.74) is 6.74. The fourth-order valence-corrected chi connectivity index (χ4v) is 2.94. The molecule has 2 amide bonds. The standard InChI is InChI=1S/C18H18ClN3O2/c1-10-8-14(10)16(11-2-5-13(19)6-3-11)22-18(24)15-7-4-12(9-21-15)17(20)23/h2-7,9-10,14,16H,8H2,1H3,(H2,20,23)(H,22,24). The Hall–Kier alpha value is -2.40. The Balaban J connectivity index is 1.78. The second-order valence-electron chi connectivity index (χ2n) is 6.18. The Morgan fingerprint density at radius 2 is 1.92 bits per heavy atom. The summed E-state index contributed by atoms with van der Waals surface area (Å²) < 4.78 is 0. The molecule has 1 heterocycles. The second-order valence-corrected chi connectivity index (χ2v) is 6.61. The summed E-state index contributed by atoms with van der Waals surface area (Å²) in [5, 5.41) is 3.71. The number of amides is 2. The van der Waals surface area contributed by atoms with Gasteiger partial charge in [-0.1, -0.05) is 30.7 Å². The average Bonchev–Trinajstić information content (AvgIpc) is 3.30. The van der Waals surface area contributed by atoms with Crippen molar-refractivity contribution in [1.29, 1.82) is 0 Å². The molecule has 6 heteroatoms. The van der Waals surface area contributed by atoms with E-state index in [0.717, 1.165) is 12.0 Å². The van der Waals surface area contributed by atoms with Crippen molar-refractivity contribution in [2.24, 2.45) is 17.6 Å². The first-order valence-electron chi connectivity index (χ1n) is 7.78. The zero-order valence-corrected chi connectivity index (χ0v) is 14.0. The van der Waals surface area contributed by atoms with Gasteiger partial charge in [0.25, 0.3) is 5.91 Å². The third kappa shape index (κ3) is 3.57. The average molecular weight is 344 g/mol. The van der Waals surface area contributed by atoms with Crippen molar-refractivity contribution in [2.45, 2.75) is 19.4 Å². The minimum atomic E-state index is -0.569. The molecule has 0 spiro atoms. The smallest absolute Gasteiger partial charge is 0.270 e. The molecule has 1 saturated carbocycles. The van der Waals surface area contributed by atoms with E-state index in [1.165, 1.54) is 18.3 Å². The molecule has 0 aliphatic heterocycles. The lowest BCUT2D eigenvalue weighted by Crippen LogP contribution is -2.31. The van der Waals surface area contributed by atoms with Crippen LogP contribution in [-0.2, 0) is 0 Å². The van der Waals surface area contributed by atoms with E-state index in [4.69, 9.17) is 17.3 Å². The van der Waals surface area contributed by atoms with E-state index < -0.39 is 5.91 Å². The summed E-state index contributed by atoms with van der Waals surface area (Å²) in [6, 6.07) is 10.4. The van der Waals surface area contributed by atoms with Crippen molar-refractivity contribution in [3.63, 3.8) is 0 Å². The van der Waals surface area contributed by atoms with Crippen LogP contribution in [0.4, 0.5) is 0 Å².